The van der Waals surface area contributed by atoms with Gasteiger partial charge in [0.25, 0.3) is 0 Å². The van der Waals surface area contributed by atoms with Crippen LogP contribution in [-0.2, 0) is 0 Å². The summed E-state index contributed by atoms with van der Waals surface area (Å²) in [5.41, 5.74) is -0.225. The Morgan fingerprint density at radius 1 is 1.25 bits per heavy atom. The van der Waals surface area contributed by atoms with E-state index < -0.39 is 0 Å². The molecule has 16 heavy (non-hydrogen) atoms. The van der Waals surface area contributed by atoms with E-state index in [0.717, 1.165) is 52.1 Å². The molecule has 0 bridgehead atoms. The Balaban J connectivity index is 2.15. The van der Waals surface area contributed by atoms with E-state index in [1.54, 1.807) is 0 Å². The lowest BCUT2D eigenvalue weighted by atomic mass is 9.79. The maximum Gasteiger partial charge on any atom is 0.114 e. The Hall–Kier alpha value is -0.630. The lowest BCUT2D eigenvalue weighted by Crippen LogP contribution is -2.59. The molecule has 2 fully saturated rings. The fraction of sp³-hybridized carbons (Fsp3) is 0.917. The summed E-state index contributed by atoms with van der Waals surface area (Å²) in [7, 11) is 0. The van der Waals surface area contributed by atoms with Gasteiger partial charge in [0.15, 0.2) is 0 Å². The minimum Gasteiger partial charge on any atom is -0.316 e. The van der Waals surface area contributed by atoms with Crippen molar-refractivity contribution in [2.24, 2.45) is 5.92 Å². The number of nitrogens with zero attached hydrogens (tertiary/aromatic N) is 2. The van der Waals surface area contributed by atoms with Gasteiger partial charge in [-0.05, 0) is 25.9 Å². The molecule has 0 spiro atoms. The van der Waals surface area contributed by atoms with Crippen molar-refractivity contribution in [3.63, 3.8) is 0 Å². The maximum absolute atomic E-state index is 9.62. The third-order valence-electron chi connectivity index (χ3n) is 4.05. The first-order chi connectivity index (χ1) is 7.79. The highest BCUT2D eigenvalue weighted by Gasteiger charge is 2.43. The quantitative estimate of drug-likeness (QED) is 0.664. The molecule has 0 radical (unpaired) electrons. The highest BCUT2D eigenvalue weighted by atomic mass is 15.2. The highest BCUT2D eigenvalue weighted by Crippen LogP contribution is 2.30. The Bertz CT molecular complexity index is 265. The molecule has 90 valence electrons. The van der Waals surface area contributed by atoms with Gasteiger partial charge in [-0.2, -0.15) is 5.26 Å². The average molecular weight is 222 g/mol. The van der Waals surface area contributed by atoms with E-state index >= 15 is 0 Å². The molecule has 4 heteroatoms. The standard InChI is InChI=1S/C12H22N4/c1-11-9-15-5-3-12(11,10-13)16-7-2-4-14-6-8-16/h11,14-15H,2-9H2,1H3. The van der Waals surface area contributed by atoms with E-state index in [9.17, 15) is 5.26 Å². The summed E-state index contributed by atoms with van der Waals surface area (Å²) in [6.45, 7) is 8.32. The average Bonchev–Trinajstić information content (AvgIpc) is 2.59. The molecular formula is C12H22N4. The zero-order valence-electron chi connectivity index (χ0n) is 10.1. The lowest BCUT2D eigenvalue weighted by molar-refractivity contribution is 0.0666. The summed E-state index contributed by atoms with van der Waals surface area (Å²) in [6, 6.07) is 2.62. The van der Waals surface area contributed by atoms with Gasteiger partial charge in [0, 0.05) is 32.1 Å². The van der Waals surface area contributed by atoms with E-state index in [2.05, 4.69) is 28.5 Å². The molecular weight excluding hydrogens is 200 g/mol. The molecule has 0 amide bonds. The predicted molar refractivity (Wildman–Crippen MR) is 64.1 cm³/mol. The van der Waals surface area contributed by atoms with Crippen LogP contribution in [0.1, 0.15) is 19.8 Å². The monoisotopic (exact) mass is 222 g/mol. The molecule has 2 saturated heterocycles. The van der Waals surface area contributed by atoms with E-state index in [1.165, 1.54) is 0 Å². The summed E-state index contributed by atoms with van der Waals surface area (Å²) in [5, 5.41) is 16.4. The van der Waals surface area contributed by atoms with Crippen molar-refractivity contribution in [2.75, 3.05) is 39.3 Å². The van der Waals surface area contributed by atoms with E-state index in [1.807, 2.05) is 0 Å². The van der Waals surface area contributed by atoms with Gasteiger partial charge in [0.1, 0.15) is 5.54 Å². The van der Waals surface area contributed by atoms with Gasteiger partial charge in [-0.15, -0.1) is 0 Å². The van der Waals surface area contributed by atoms with Gasteiger partial charge in [-0.1, -0.05) is 6.92 Å². The minimum absolute atomic E-state index is 0.225. The molecule has 2 N–H and O–H groups in total. The van der Waals surface area contributed by atoms with Crippen LogP contribution in [0.4, 0.5) is 0 Å². The third-order valence-corrected chi connectivity index (χ3v) is 4.05. The van der Waals surface area contributed by atoms with Crippen LogP contribution in [0.15, 0.2) is 0 Å². The molecule has 2 atom stereocenters. The largest absolute Gasteiger partial charge is 0.316 e. The zero-order chi connectivity index (χ0) is 11.4. The smallest absolute Gasteiger partial charge is 0.114 e. The fourth-order valence-corrected chi connectivity index (χ4v) is 2.96. The number of rotatable bonds is 1. The Kier molecular flexibility index (Phi) is 3.80. The topological polar surface area (TPSA) is 51.1 Å². The molecule has 0 aliphatic carbocycles. The van der Waals surface area contributed by atoms with Crippen LogP contribution in [0, 0.1) is 17.2 Å². The molecule has 2 unspecified atom stereocenters. The van der Waals surface area contributed by atoms with Crippen LogP contribution < -0.4 is 10.6 Å². The predicted octanol–water partition coefficient (Wildman–Crippen LogP) is 0.173. The van der Waals surface area contributed by atoms with Crippen LogP contribution >= 0.6 is 0 Å². The summed E-state index contributed by atoms with van der Waals surface area (Å²) in [6.07, 6.45) is 2.12. The van der Waals surface area contributed by atoms with Gasteiger partial charge in [-0.25, -0.2) is 0 Å². The second kappa shape index (κ2) is 5.13. The van der Waals surface area contributed by atoms with Crippen molar-refractivity contribution in [3.05, 3.63) is 0 Å². The van der Waals surface area contributed by atoms with Crippen LogP contribution in [0.3, 0.4) is 0 Å². The highest BCUT2D eigenvalue weighted by molar-refractivity contribution is 5.14. The molecule has 0 saturated carbocycles. The van der Waals surface area contributed by atoms with Crippen molar-refractivity contribution in [2.45, 2.75) is 25.3 Å². The third kappa shape index (κ3) is 2.08. The van der Waals surface area contributed by atoms with Crippen LogP contribution in [0.25, 0.3) is 0 Å². The number of hydrogen-bond donors (Lipinski definition) is 2. The van der Waals surface area contributed by atoms with Gasteiger partial charge in [0.2, 0.25) is 0 Å². The molecule has 2 heterocycles. The summed E-state index contributed by atoms with van der Waals surface area (Å²) >= 11 is 0. The first-order valence-electron chi connectivity index (χ1n) is 6.37. The number of piperidine rings is 1. The zero-order valence-corrected chi connectivity index (χ0v) is 10.1. The molecule has 2 rings (SSSR count). The van der Waals surface area contributed by atoms with Crippen molar-refractivity contribution in [3.8, 4) is 6.07 Å². The van der Waals surface area contributed by atoms with Crippen LogP contribution in [0.5, 0.6) is 0 Å². The normalized spacial score (nSPS) is 37.6. The molecule has 2 aliphatic heterocycles. The second-order valence-electron chi connectivity index (χ2n) is 4.98. The van der Waals surface area contributed by atoms with Crippen LogP contribution in [0.2, 0.25) is 0 Å². The van der Waals surface area contributed by atoms with Crippen molar-refractivity contribution >= 4 is 0 Å². The summed E-state index contributed by atoms with van der Waals surface area (Å²) in [5.74, 6) is 0.421. The van der Waals surface area contributed by atoms with Crippen LogP contribution in [-0.4, -0.2) is 49.7 Å². The lowest BCUT2D eigenvalue weighted by Gasteiger charge is -2.45. The molecule has 0 aromatic heterocycles. The summed E-state index contributed by atoms with van der Waals surface area (Å²) < 4.78 is 0. The minimum atomic E-state index is -0.225. The van der Waals surface area contributed by atoms with Crippen molar-refractivity contribution in [1.29, 1.82) is 5.26 Å². The SMILES string of the molecule is CC1CNCCC1(C#N)N1CCCNCC1. The molecule has 2 aliphatic rings. The molecule has 4 nitrogen and oxygen atoms in total. The Morgan fingerprint density at radius 3 is 2.88 bits per heavy atom. The van der Waals surface area contributed by atoms with Gasteiger partial charge in [0.05, 0.1) is 6.07 Å². The maximum atomic E-state index is 9.62. The fourth-order valence-electron chi connectivity index (χ4n) is 2.96. The van der Waals surface area contributed by atoms with Gasteiger partial charge < -0.3 is 10.6 Å². The molecule has 0 aromatic carbocycles. The van der Waals surface area contributed by atoms with E-state index in [4.69, 9.17) is 0 Å². The number of nitriles is 1. The summed E-state index contributed by atoms with van der Waals surface area (Å²) in [4.78, 5) is 2.42. The number of nitrogens with one attached hydrogen (secondary N) is 2. The number of hydrogen-bond acceptors (Lipinski definition) is 4. The van der Waals surface area contributed by atoms with Crippen molar-refractivity contribution < 1.29 is 0 Å². The van der Waals surface area contributed by atoms with E-state index in [-0.39, 0.29) is 5.54 Å². The first kappa shape index (κ1) is 11.8. The molecule has 0 aromatic rings. The van der Waals surface area contributed by atoms with E-state index in [0.29, 0.717) is 5.92 Å². The van der Waals surface area contributed by atoms with Gasteiger partial charge >= 0.3 is 0 Å². The Morgan fingerprint density at radius 2 is 2.12 bits per heavy atom. The van der Waals surface area contributed by atoms with Crippen molar-refractivity contribution in [1.82, 2.24) is 15.5 Å². The van der Waals surface area contributed by atoms with Gasteiger partial charge in [-0.3, -0.25) is 4.90 Å². The Labute approximate surface area is 98.0 Å². The second-order valence-corrected chi connectivity index (χ2v) is 4.98. The first-order valence-corrected chi connectivity index (χ1v) is 6.37.